The molecule has 2 aromatic carbocycles. The van der Waals surface area contributed by atoms with E-state index in [2.05, 4.69) is 33.7 Å². The Morgan fingerprint density at radius 3 is 2.57 bits per heavy atom. The van der Waals surface area contributed by atoms with Gasteiger partial charge in [-0.2, -0.15) is 5.10 Å². The number of carbonyl (C=O) groups excluding carboxylic acids is 1. The van der Waals surface area contributed by atoms with Crippen LogP contribution in [0, 0.1) is 18.6 Å². The number of hydrogen-bond donors (Lipinski definition) is 2. The standard InChI is InChI=1S/C27H29F2N5O/c1-16-12-24(34(32-16)23-5-4-18(28)15-21(23)29)17-13-20-25(31-26(35)27(20)8-3-9-27)22(14-17)30-19-6-10-33(2)11-7-19/h4-5,12-15,19,30H,3,6-11H2,1-2H3,(H,31,35). The lowest BCUT2D eigenvalue weighted by molar-refractivity contribution is -0.123. The van der Waals surface area contributed by atoms with Crippen LogP contribution in [0.5, 0.6) is 0 Å². The Balaban J connectivity index is 1.48. The van der Waals surface area contributed by atoms with Crippen LogP contribution < -0.4 is 10.6 Å². The summed E-state index contributed by atoms with van der Waals surface area (Å²) in [4.78, 5) is 15.4. The molecule has 0 unspecified atom stereocenters. The number of fused-ring (bicyclic) bond motifs is 2. The first-order valence-corrected chi connectivity index (χ1v) is 12.3. The molecule has 0 radical (unpaired) electrons. The third-order valence-corrected chi connectivity index (χ3v) is 7.88. The molecule has 0 bridgehead atoms. The first-order chi connectivity index (χ1) is 16.8. The van der Waals surface area contributed by atoms with Crippen LogP contribution >= 0.6 is 0 Å². The number of nitrogens with zero attached hydrogens (tertiary/aromatic N) is 3. The van der Waals surface area contributed by atoms with Gasteiger partial charge in [-0.1, -0.05) is 6.42 Å². The van der Waals surface area contributed by atoms with Crippen molar-refractivity contribution in [1.82, 2.24) is 14.7 Å². The van der Waals surface area contributed by atoms with Gasteiger partial charge in [-0.25, -0.2) is 13.5 Å². The number of halogens is 2. The number of amides is 1. The monoisotopic (exact) mass is 477 g/mol. The van der Waals surface area contributed by atoms with Gasteiger partial charge >= 0.3 is 0 Å². The van der Waals surface area contributed by atoms with Crippen LogP contribution in [0.15, 0.2) is 36.4 Å². The maximum atomic E-state index is 14.7. The summed E-state index contributed by atoms with van der Waals surface area (Å²) < 4.78 is 29.9. The Bertz CT molecular complexity index is 1320. The summed E-state index contributed by atoms with van der Waals surface area (Å²) in [6.07, 6.45) is 4.72. The molecule has 0 atom stereocenters. The second-order valence-corrected chi connectivity index (χ2v) is 10.2. The van der Waals surface area contributed by atoms with E-state index in [4.69, 9.17) is 0 Å². The molecule has 3 aromatic rings. The zero-order valence-electron chi connectivity index (χ0n) is 20.0. The number of rotatable bonds is 4. The summed E-state index contributed by atoms with van der Waals surface area (Å²) in [5.74, 6) is -1.24. The van der Waals surface area contributed by atoms with Gasteiger partial charge in [0.2, 0.25) is 5.91 Å². The number of benzene rings is 2. The molecule has 1 amide bonds. The number of aryl methyl sites for hydroxylation is 1. The predicted molar refractivity (Wildman–Crippen MR) is 132 cm³/mol. The van der Waals surface area contributed by atoms with Crippen molar-refractivity contribution in [2.45, 2.75) is 50.5 Å². The minimum atomic E-state index is -0.674. The molecule has 2 fully saturated rings. The van der Waals surface area contributed by atoms with E-state index >= 15 is 0 Å². The van der Waals surface area contributed by atoms with E-state index in [0.29, 0.717) is 11.7 Å². The van der Waals surface area contributed by atoms with Gasteiger partial charge in [-0.3, -0.25) is 4.79 Å². The maximum Gasteiger partial charge on any atom is 0.235 e. The molecule has 3 aliphatic rings. The number of hydrogen-bond acceptors (Lipinski definition) is 4. The fourth-order valence-electron chi connectivity index (χ4n) is 5.71. The summed E-state index contributed by atoms with van der Waals surface area (Å²) in [6, 6.07) is 9.82. The van der Waals surface area contributed by atoms with Gasteiger partial charge in [0, 0.05) is 17.7 Å². The summed E-state index contributed by atoms with van der Waals surface area (Å²) >= 11 is 0. The van der Waals surface area contributed by atoms with Crippen molar-refractivity contribution in [3.05, 3.63) is 59.3 Å². The van der Waals surface area contributed by atoms with Crippen molar-refractivity contribution in [3.8, 4) is 16.9 Å². The van der Waals surface area contributed by atoms with Crippen LogP contribution in [-0.2, 0) is 10.2 Å². The van der Waals surface area contributed by atoms with Gasteiger partial charge in [0.1, 0.15) is 11.5 Å². The van der Waals surface area contributed by atoms with Crippen molar-refractivity contribution in [3.63, 3.8) is 0 Å². The van der Waals surface area contributed by atoms with E-state index in [1.807, 2.05) is 19.1 Å². The second kappa shape index (κ2) is 8.16. The largest absolute Gasteiger partial charge is 0.381 e. The van der Waals surface area contributed by atoms with Crippen molar-refractivity contribution in [2.75, 3.05) is 30.8 Å². The summed E-state index contributed by atoms with van der Waals surface area (Å²) in [5, 5.41) is 11.4. The van der Waals surface area contributed by atoms with Gasteiger partial charge < -0.3 is 15.5 Å². The molecule has 2 aliphatic heterocycles. The molecule has 2 N–H and O–H groups in total. The van der Waals surface area contributed by atoms with Gasteiger partial charge in [0.05, 0.1) is 28.2 Å². The van der Waals surface area contributed by atoms with Gasteiger partial charge in [-0.15, -0.1) is 0 Å². The third kappa shape index (κ3) is 3.62. The highest BCUT2D eigenvalue weighted by Crippen LogP contribution is 2.54. The molecular formula is C27H29F2N5O. The Kier molecular flexibility index (Phi) is 5.18. The Hall–Kier alpha value is -3.26. The van der Waals surface area contributed by atoms with Crippen molar-refractivity contribution >= 4 is 17.3 Å². The number of carbonyl (C=O) groups is 1. The molecule has 1 saturated heterocycles. The average Bonchev–Trinajstić information content (AvgIpc) is 3.32. The fourth-order valence-corrected chi connectivity index (χ4v) is 5.71. The first kappa shape index (κ1) is 22.2. The lowest BCUT2D eigenvalue weighted by atomic mass is 9.65. The average molecular weight is 478 g/mol. The lowest BCUT2D eigenvalue weighted by Gasteiger charge is -2.36. The normalized spacial score (nSPS) is 19.5. The molecule has 6 rings (SSSR count). The van der Waals surface area contributed by atoms with Crippen LogP contribution in [0.3, 0.4) is 0 Å². The summed E-state index contributed by atoms with van der Waals surface area (Å²) in [5.41, 5.74) is 4.75. The molecule has 1 spiro atoms. The minimum absolute atomic E-state index is 0.0663. The van der Waals surface area contributed by atoms with E-state index in [-0.39, 0.29) is 11.6 Å². The van der Waals surface area contributed by atoms with Crippen LogP contribution in [0.4, 0.5) is 20.2 Å². The highest BCUT2D eigenvalue weighted by atomic mass is 19.1. The van der Waals surface area contributed by atoms with Crippen LogP contribution in [-0.4, -0.2) is 46.8 Å². The van der Waals surface area contributed by atoms with E-state index in [9.17, 15) is 13.6 Å². The fraction of sp³-hybridized carbons (Fsp3) is 0.407. The van der Waals surface area contributed by atoms with E-state index < -0.39 is 17.0 Å². The van der Waals surface area contributed by atoms with Gasteiger partial charge in [0.25, 0.3) is 0 Å². The molecule has 182 valence electrons. The highest BCUT2D eigenvalue weighted by molar-refractivity contribution is 6.10. The van der Waals surface area contributed by atoms with Crippen molar-refractivity contribution in [1.29, 1.82) is 0 Å². The van der Waals surface area contributed by atoms with E-state index in [1.54, 1.807) is 0 Å². The molecule has 3 heterocycles. The van der Waals surface area contributed by atoms with E-state index in [0.717, 1.165) is 79.5 Å². The molecule has 8 heteroatoms. The second-order valence-electron chi connectivity index (χ2n) is 10.2. The molecule has 1 aliphatic carbocycles. The number of likely N-dealkylation sites (tertiary alicyclic amines) is 1. The SMILES string of the molecule is Cc1cc(-c2cc(NC3CCN(C)CC3)c3c(c2)C2(CCC2)C(=O)N3)n(-c2ccc(F)cc2F)n1. The zero-order chi connectivity index (χ0) is 24.3. The zero-order valence-corrected chi connectivity index (χ0v) is 20.0. The van der Waals surface area contributed by atoms with Crippen LogP contribution in [0.1, 0.15) is 43.4 Å². The summed E-state index contributed by atoms with van der Waals surface area (Å²) in [6.45, 7) is 3.89. The summed E-state index contributed by atoms with van der Waals surface area (Å²) in [7, 11) is 2.13. The van der Waals surface area contributed by atoms with E-state index in [1.165, 1.54) is 16.8 Å². The predicted octanol–water partition coefficient (Wildman–Crippen LogP) is 5.01. The molecule has 1 saturated carbocycles. The van der Waals surface area contributed by atoms with Crippen molar-refractivity contribution < 1.29 is 13.6 Å². The Morgan fingerprint density at radius 2 is 1.89 bits per heavy atom. The Morgan fingerprint density at radius 1 is 1.11 bits per heavy atom. The molecule has 6 nitrogen and oxygen atoms in total. The highest BCUT2D eigenvalue weighted by Gasteiger charge is 2.52. The number of aromatic nitrogens is 2. The lowest BCUT2D eigenvalue weighted by Crippen LogP contribution is -2.40. The van der Waals surface area contributed by atoms with Gasteiger partial charge in [-0.05, 0) is 88.6 Å². The minimum Gasteiger partial charge on any atom is -0.381 e. The van der Waals surface area contributed by atoms with Crippen molar-refractivity contribution in [2.24, 2.45) is 0 Å². The Labute approximate surface area is 203 Å². The topological polar surface area (TPSA) is 62.2 Å². The molecular weight excluding hydrogens is 448 g/mol. The quantitative estimate of drug-likeness (QED) is 0.555. The third-order valence-electron chi connectivity index (χ3n) is 7.88. The maximum absolute atomic E-state index is 14.7. The van der Waals surface area contributed by atoms with Gasteiger partial charge in [0.15, 0.2) is 5.82 Å². The number of anilines is 2. The smallest absolute Gasteiger partial charge is 0.235 e. The molecule has 35 heavy (non-hydrogen) atoms. The molecule has 1 aromatic heterocycles. The van der Waals surface area contributed by atoms with Crippen LogP contribution in [0.2, 0.25) is 0 Å². The number of piperidine rings is 1. The number of nitrogens with one attached hydrogen (secondary N) is 2. The van der Waals surface area contributed by atoms with Crippen LogP contribution in [0.25, 0.3) is 16.9 Å². The first-order valence-electron chi connectivity index (χ1n) is 12.3.